The van der Waals surface area contributed by atoms with E-state index in [-0.39, 0.29) is 17.1 Å². The summed E-state index contributed by atoms with van der Waals surface area (Å²) in [6.45, 7) is 3.27. The van der Waals surface area contributed by atoms with Crippen LogP contribution >= 0.6 is 46.3 Å². The van der Waals surface area contributed by atoms with E-state index >= 15 is 0 Å². The van der Waals surface area contributed by atoms with Gasteiger partial charge in [0.2, 0.25) is 11.8 Å². The van der Waals surface area contributed by atoms with Crippen molar-refractivity contribution in [3.63, 3.8) is 0 Å². The number of thiazole rings is 1. The fraction of sp³-hybridized carbons (Fsp3) is 0.150. The third kappa shape index (κ3) is 5.96. The number of anilines is 2. The van der Waals surface area contributed by atoms with Gasteiger partial charge in [-0.3, -0.25) is 9.59 Å². The van der Waals surface area contributed by atoms with Crippen LogP contribution < -0.4 is 10.6 Å². The highest BCUT2D eigenvalue weighted by molar-refractivity contribution is 8.00. The molecule has 0 saturated heterocycles. The van der Waals surface area contributed by atoms with Crippen LogP contribution in [0.5, 0.6) is 0 Å². The Bertz CT molecular complexity index is 1060. The number of carbonyl (C=O) groups is 2. The number of hydrogen-bond acceptors (Lipinski definition) is 5. The molecule has 1 unspecified atom stereocenters. The first-order valence-electron chi connectivity index (χ1n) is 8.58. The van der Waals surface area contributed by atoms with Gasteiger partial charge in [0.1, 0.15) is 0 Å². The summed E-state index contributed by atoms with van der Waals surface area (Å²) in [5.74, 6) is -0.304. The van der Waals surface area contributed by atoms with E-state index in [2.05, 4.69) is 15.6 Å². The number of benzene rings is 2. The molecule has 2 amide bonds. The molecule has 1 heterocycles. The number of thioether (sulfide) groups is 1. The van der Waals surface area contributed by atoms with Gasteiger partial charge in [-0.25, -0.2) is 4.98 Å². The Morgan fingerprint density at radius 3 is 2.66 bits per heavy atom. The van der Waals surface area contributed by atoms with Crippen LogP contribution in [-0.4, -0.2) is 22.0 Å². The predicted octanol–water partition coefficient (Wildman–Crippen LogP) is 6.19. The second-order valence-electron chi connectivity index (χ2n) is 6.12. The molecule has 0 fully saturated rings. The molecular formula is C20H17Cl2N3O2S2. The molecule has 150 valence electrons. The van der Waals surface area contributed by atoms with Crippen LogP contribution in [0.3, 0.4) is 0 Å². The number of rotatable bonds is 6. The van der Waals surface area contributed by atoms with Crippen LogP contribution in [0.15, 0.2) is 52.7 Å². The number of aromatic nitrogens is 1. The smallest absolute Gasteiger partial charge is 0.239 e. The van der Waals surface area contributed by atoms with Gasteiger partial charge in [-0.15, -0.1) is 23.1 Å². The van der Waals surface area contributed by atoms with Crippen LogP contribution in [0.2, 0.25) is 10.0 Å². The number of hydrogen-bond donors (Lipinski definition) is 2. The Morgan fingerprint density at radius 2 is 1.93 bits per heavy atom. The van der Waals surface area contributed by atoms with E-state index in [4.69, 9.17) is 23.2 Å². The number of carbonyl (C=O) groups excluding carboxylic acids is 2. The zero-order chi connectivity index (χ0) is 21.0. The lowest BCUT2D eigenvalue weighted by Gasteiger charge is -2.11. The van der Waals surface area contributed by atoms with Gasteiger partial charge < -0.3 is 10.6 Å². The molecule has 1 aromatic heterocycles. The molecule has 0 aliphatic rings. The van der Waals surface area contributed by atoms with Gasteiger partial charge in [-0.2, -0.15) is 0 Å². The summed E-state index contributed by atoms with van der Waals surface area (Å²) in [5.41, 5.74) is 2.12. The van der Waals surface area contributed by atoms with E-state index in [0.29, 0.717) is 26.6 Å². The van der Waals surface area contributed by atoms with Crippen LogP contribution in [-0.2, 0) is 9.59 Å². The molecule has 29 heavy (non-hydrogen) atoms. The Labute approximate surface area is 186 Å². The second kappa shape index (κ2) is 9.63. The van der Waals surface area contributed by atoms with E-state index in [1.165, 1.54) is 30.0 Å². The molecule has 0 saturated carbocycles. The second-order valence-corrected chi connectivity index (χ2v) is 9.24. The highest BCUT2D eigenvalue weighted by Crippen LogP contribution is 2.33. The van der Waals surface area contributed by atoms with E-state index in [1.807, 2.05) is 30.5 Å². The van der Waals surface area contributed by atoms with Crippen molar-refractivity contribution in [3.05, 3.63) is 57.9 Å². The molecule has 1 atom stereocenters. The van der Waals surface area contributed by atoms with E-state index in [1.54, 1.807) is 24.3 Å². The fourth-order valence-corrected chi connectivity index (χ4v) is 4.61. The monoisotopic (exact) mass is 465 g/mol. The predicted molar refractivity (Wildman–Crippen MR) is 122 cm³/mol. The summed E-state index contributed by atoms with van der Waals surface area (Å²) >= 11 is 14.9. The van der Waals surface area contributed by atoms with Gasteiger partial charge in [-0.05, 0) is 43.3 Å². The summed E-state index contributed by atoms with van der Waals surface area (Å²) in [6.07, 6.45) is 0. The van der Waals surface area contributed by atoms with Crippen molar-refractivity contribution in [2.24, 2.45) is 0 Å². The lowest BCUT2D eigenvalue weighted by molar-refractivity contribution is -0.115. The van der Waals surface area contributed by atoms with Crippen molar-refractivity contribution in [2.45, 2.75) is 24.0 Å². The maximum atomic E-state index is 12.6. The third-order valence-electron chi connectivity index (χ3n) is 3.78. The summed E-state index contributed by atoms with van der Waals surface area (Å²) < 4.78 is 0. The minimum atomic E-state index is -0.353. The summed E-state index contributed by atoms with van der Waals surface area (Å²) in [4.78, 5) is 29.1. The first-order chi connectivity index (χ1) is 13.8. The molecule has 9 heteroatoms. The number of halogens is 2. The summed E-state index contributed by atoms with van der Waals surface area (Å²) in [5, 5.41) is 8.60. The van der Waals surface area contributed by atoms with Gasteiger partial charge in [0.25, 0.3) is 0 Å². The maximum absolute atomic E-state index is 12.6. The number of nitrogens with one attached hydrogen (secondary N) is 2. The Balaban J connectivity index is 1.64. The van der Waals surface area contributed by atoms with Crippen LogP contribution in [0.1, 0.15) is 13.8 Å². The van der Waals surface area contributed by atoms with Crippen LogP contribution in [0.25, 0.3) is 11.3 Å². The fourth-order valence-electron chi connectivity index (χ4n) is 2.47. The molecule has 0 spiro atoms. The quantitative estimate of drug-likeness (QED) is 0.425. The van der Waals surface area contributed by atoms with Gasteiger partial charge in [0.05, 0.1) is 16.0 Å². The van der Waals surface area contributed by atoms with Crippen molar-refractivity contribution in [1.29, 1.82) is 0 Å². The highest BCUT2D eigenvalue weighted by atomic mass is 35.5. The maximum Gasteiger partial charge on any atom is 0.239 e. The molecular weight excluding hydrogens is 449 g/mol. The van der Waals surface area contributed by atoms with Gasteiger partial charge in [0.15, 0.2) is 5.13 Å². The summed E-state index contributed by atoms with van der Waals surface area (Å²) in [7, 11) is 0. The normalized spacial score (nSPS) is 11.7. The molecule has 2 aromatic carbocycles. The van der Waals surface area contributed by atoms with E-state index in [0.717, 1.165) is 10.5 Å². The van der Waals surface area contributed by atoms with Crippen molar-refractivity contribution in [3.8, 4) is 11.3 Å². The Kier molecular flexibility index (Phi) is 7.18. The van der Waals surface area contributed by atoms with Crippen molar-refractivity contribution >= 4 is 68.9 Å². The average Bonchev–Trinajstić information content (AvgIpc) is 3.09. The lowest BCUT2D eigenvalue weighted by Crippen LogP contribution is -2.22. The molecule has 0 bridgehead atoms. The Morgan fingerprint density at radius 1 is 1.14 bits per heavy atom. The molecule has 0 radical (unpaired) electrons. The van der Waals surface area contributed by atoms with E-state index < -0.39 is 0 Å². The van der Waals surface area contributed by atoms with Crippen molar-refractivity contribution < 1.29 is 9.59 Å². The molecule has 0 aliphatic carbocycles. The SMILES string of the molecule is CC(=O)Nc1cccc(SC(C)C(=O)Nc2nc(-c3ccc(Cl)cc3Cl)cs2)c1. The van der Waals surface area contributed by atoms with Gasteiger partial charge in [0, 0.05) is 33.5 Å². The van der Waals surface area contributed by atoms with Crippen molar-refractivity contribution in [1.82, 2.24) is 4.98 Å². The van der Waals surface area contributed by atoms with Crippen LogP contribution in [0.4, 0.5) is 10.8 Å². The van der Waals surface area contributed by atoms with Crippen molar-refractivity contribution in [2.75, 3.05) is 10.6 Å². The largest absolute Gasteiger partial charge is 0.326 e. The van der Waals surface area contributed by atoms with Gasteiger partial charge >= 0.3 is 0 Å². The molecule has 3 aromatic rings. The first-order valence-corrected chi connectivity index (χ1v) is 11.1. The zero-order valence-corrected chi connectivity index (χ0v) is 18.7. The minimum absolute atomic E-state index is 0.140. The molecule has 3 rings (SSSR count). The highest BCUT2D eigenvalue weighted by Gasteiger charge is 2.17. The van der Waals surface area contributed by atoms with E-state index in [9.17, 15) is 9.59 Å². The molecule has 5 nitrogen and oxygen atoms in total. The Hall–Kier alpha value is -2.06. The zero-order valence-electron chi connectivity index (χ0n) is 15.5. The number of amides is 2. The first kappa shape index (κ1) is 21.6. The standard InChI is InChI=1S/C20H17Cl2N3O2S2/c1-11(29-15-5-3-4-14(9-15)23-12(2)26)19(27)25-20-24-18(10-28-20)16-7-6-13(21)8-17(16)22/h3-11H,1-2H3,(H,23,26)(H,24,25,27). The van der Waals surface area contributed by atoms with Crippen LogP contribution in [0, 0.1) is 0 Å². The molecule has 2 N–H and O–H groups in total. The topological polar surface area (TPSA) is 71.1 Å². The minimum Gasteiger partial charge on any atom is -0.326 e. The summed E-state index contributed by atoms with van der Waals surface area (Å²) in [6, 6.07) is 12.6. The van der Waals surface area contributed by atoms with Gasteiger partial charge in [-0.1, -0.05) is 29.3 Å². The average molecular weight is 466 g/mol. The third-order valence-corrected chi connectivity index (χ3v) is 6.18. The lowest BCUT2D eigenvalue weighted by atomic mass is 10.2. The molecule has 0 aliphatic heterocycles. The number of nitrogens with zero attached hydrogens (tertiary/aromatic N) is 1.